The van der Waals surface area contributed by atoms with Crippen molar-refractivity contribution in [1.82, 2.24) is 10.2 Å². The van der Waals surface area contributed by atoms with Crippen LogP contribution in [0.3, 0.4) is 0 Å². The molecule has 0 saturated carbocycles. The van der Waals surface area contributed by atoms with Crippen molar-refractivity contribution in [3.63, 3.8) is 0 Å². The minimum absolute atomic E-state index is 0.585. The van der Waals surface area contributed by atoms with E-state index in [2.05, 4.69) is 15.5 Å². The Morgan fingerprint density at radius 3 is 3.00 bits per heavy atom. The van der Waals surface area contributed by atoms with Crippen LogP contribution in [0.5, 0.6) is 0 Å². The Bertz CT molecular complexity index is 267. The third-order valence-corrected chi connectivity index (χ3v) is 3.24. The van der Waals surface area contributed by atoms with Crippen LogP contribution in [-0.2, 0) is 0 Å². The topological polar surface area (TPSA) is 37.8 Å². The quantitative estimate of drug-likeness (QED) is 0.779. The molecule has 1 aliphatic heterocycles. The van der Waals surface area contributed by atoms with Gasteiger partial charge >= 0.3 is 0 Å². The highest BCUT2D eigenvalue weighted by Gasteiger charge is 2.15. The Hall–Kier alpha value is -0.770. The van der Waals surface area contributed by atoms with Crippen molar-refractivity contribution < 1.29 is 0 Å². The summed E-state index contributed by atoms with van der Waals surface area (Å²) < 4.78 is 0. The van der Waals surface area contributed by atoms with E-state index >= 15 is 0 Å². The van der Waals surface area contributed by atoms with Gasteiger partial charge in [0.25, 0.3) is 0 Å². The van der Waals surface area contributed by atoms with E-state index in [9.17, 15) is 0 Å². The van der Waals surface area contributed by atoms with Gasteiger partial charge in [-0.15, -0.1) is 5.10 Å². The third kappa shape index (κ3) is 2.34. The lowest BCUT2D eigenvalue weighted by Gasteiger charge is -2.10. The molecular weight excluding hydrogens is 182 g/mol. The summed E-state index contributed by atoms with van der Waals surface area (Å²) in [5.41, 5.74) is 0.964. The lowest BCUT2D eigenvalue weighted by molar-refractivity contribution is 0.798. The second-order valence-corrected chi connectivity index (χ2v) is 4.41. The van der Waals surface area contributed by atoms with Crippen molar-refractivity contribution >= 4 is 17.6 Å². The van der Waals surface area contributed by atoms with Gasteiger partial charge in [-0.1, -0.05) is 0 Å². The normalized spacial score (nSPS) is 21.8. The zero-order valence-corrected chi connectivity index (χ0v) is 8.47. The summed E-state index contributed by atoms with van der Waals surface area (Å²) in [5, 5.41) is 11.4. The zero-order valence-electron chi connectivity index (χ0n) is 7.66. The maximum absolute atomic E-state index is 4.07. The summed E-state index contributed by atoms with van der Waals surface area (Å²) in [6, 6.07) is 4.56. The monoisotopic (exact) mass is 195 g/mol. The minimum Gasteiger partial charge on any atom is -0.365 e. The maximum Gasteiger partial charge on any atom is 0.148 e. The van der Waals surface area contributed by atoms with Gasteiger partial charge in [0, 0.05) is 11.8 Å². The smallest absolute Gasteiger partial charge is 0.148 e. The van der Waals surface area contributed by atoms with Crippen molar-refractivity contribution in [2.45, 2.75) is 19.4 Å². The number of nitrogens with one attached hydrogen (secondary N) is 1. The summed E-state index contributed by atoms with van der Waals surface area (Å²) in [5.74, 6) is 3.35. The van der Waals surface area contributed by atoms with Crippen molar-refractivity contribution in [3.8, 4) is 0 Å². The van der Waals surface area contributed by atoms with Crippen molar-refractivity contribution in [2.75, 3.05) is 16.8 Å². The molecule has 0 bridgehead atoms. The van der Waals surface area contributed by atoms with Crippen molar-refractivity contribution in [3.05, 3.63) is 17.8 Å². The molecule has 1 fully saturated rings. The standard InChI is InChI=1S/C9H13N3S/c1-7-2-3-9(12-11-7)10-8-4-5-13-6-8/h2-3,8H,4-6H2,1H3,(H,10,12). The molecule has 1 atom stereocenters. The minimum atomic E-state index is 0.585. The first-order chi connectivity index (χ1) is 6.34. The molecule has 1 aromatic rings. The predicted molar refractivity (Wildman–Crippen MR) is 56.1 cm³/mol. The number of hydrogen-bond acceptors (Lipinski definition) is 4. The molecule has 0 aromatic carbocycles. The molecular formula is C9H13N3S. The number of anilines is 1. The van der Waals surface area contributed by atoms with Crippen LogP contribution in [0.2, 0.25) is 0 Å². The van der Waals surface area contributed by atoms with E-state index in [1.54, 1.807) is 0 Å². The molecule has 2 heterocycles. The number of aromatic nitrogens is 2. The first-order valence-corrected chi connectivity index (χ1v) is 5.65. The fraction of sp³-hybridized carbons (Fsp3) is 0.556. The highest BCUT2D eigenvalue weighted by molar-refractivity contribution is 7.99. The molecule has 0 spiro atoms. The van der Waals surface area contributed by atoms with Crippen LogP contribution in [-0.4, -0.2) is 27.7 Å². The van der Waals surface area contributed by atoms with Crippen LogP contribution in [0.15, 0.2) is 12.1 Å². The van der Waals surface area contributed by atoms with Crippen LogP contribution in [0.25, 0.3) is 0 Å². The van der Waals surface area contributed by atoms with Gasteiger partial charge in [-0.05, 0) is 31.2 Å². The highest BCUT2D eigenvalue weighted by Crippen LogP contribution is 2.19. The average molecular weight is 195 g/mol. The second-order valence-electron chi connectivity index (χ2n) is 3.26. The van der Waals surface area contributed by atoms with Crippen molar-refractivity contribution in [1.29, 1.82) is 0 Å². The number of rotatable bonds is 2. The summed E-state index contributed by atoms with van der Waals surface area (Å²) >= 11 is 1.99. The molecule has 0 amide bonds. The van der Waals surface area contributed by atoms with E-state index in [1.165, 1.54) is 17.9 Å². The van der Waals surface area contributed by atoms with Gasteiger partial charge in [0.2, 0.25) is 0 Å². The molecule has 1 unspecified atom stereocenters. The van der Waals surface area contributed by atoms with Gasteiger partial charge in [-0.2, -0.15) is 16.9 Å². The molecule has 1 aromatic heterocycles. The van der Waals surface area contributed by atoms with E-state index in [-0.39, 0.29) is 0 Å². The van der Waals surface area contributed by atoms with Gasteiger partial charge in [0.1, 0.15) is 5.82 Å². The average Bonchev–Trinajstić information content (AvgIpc) is 2.62. The SMILES string of the molecule is Cc1ccc(NC2CCSC2)nn1. The molecule has 13 heavy (non-hydrogen) atoms. The van der Waals surface area contributed by atoms with Crippen molar-refractivity contribution in [2.24, 2.45) is 0 Å². The molecule has 0 radical (unpaired) electrons. The lowest BCUT2D eigenvalue weighted by Crippen LogP contribution is -2.19. The fourth-order valence-electron chi connectivity index (χ4n) is 1.33. The first kappa shape index (κ1) is 8.81. The van der Waals surface area contributed by atoms with Gasteiger partial charge in [-0.25, -0.2) is 0 Å². The second kappa shape index (κ2) is 3.96. The maximum atomic E-state index is 4.07. The molecule has 2 rings (SSSR count). The largest absolute Gasteiger partial charge is 0.365 e. The molecule has 1 saturated heterocycles. The van der Waals surface area contributed by atoms with E-state index < -0.39 is 0 Å². The van der Waals surface area contributed by atoms with Gasteiger partial charge in [-0.3, -0.25) is 0 Å². The van der Waals surface area contributed by atoms with E-state index in [4.69, 9.17) is 0 Å². The Kier molecular flexibility index (Phi) is 2.68. The molecule has 4 heteroatoms. The van der Waals surface area contributed by atoms with Gasteiger partial charge < -0.3 is 5.32 Å². The Balaban J connectivity index is 1.97. The summed E-state index contributed by atoms with van der Waals surface area (Å²) in [4.78, 5) is 0. The van der Waals surface area contributed by atoms with E-state index in [1.807, 2.05) is 30.8 Å². The van der Waals surface area contributed by atoms with Crippen LogP contribution < -0.4 is 5.32 Å². The molecule has 1 N–H and O–H groups in total. The Morgan fingerprint density at radius 2 is 2.38 bits per heavy atom. The first-order valence-electron chi connectivity index (χ1n) is 4.49. The summed E-state index contributed by atoms with van der Waals surface area (Å²) in [7, 11) is 0. The van der Waals surface area contributed by atoms with E-state index in [0.29, 0.717) is 6.04 Å². The molecule has 0 aliphatic carbocycles. The predicted octanol–water partition coefficient (Wildman–Crippen LogP) is 1.70. The van der Waals surface area contributed by atoms with Crippen LogP contribution in [0.4, 0.5) is 5.82 Å². The van der Waals surface area contributed by atoms with Gasteiger partial charge in [0.15, 0.2) is 0 Å². The highest BCUT2D eigenvalue weighted by atomic mass is 32.2. The van der Waals surface area contributed by atoms with Crippen LogP contribution in [0, 0.1) is 6.92 Å². The summed E-state index contributed by atoms with van der Waals surface area (Å²) in [6.45, 7) is 1.95. The lowest BCUT2D eigenvalue weighted by atomic mass is 10.2. The fourth-order valence-corrected chi connectivity index (χ4v) is 2.49. The Labute approximate surface area is 82.3 Å². The number of thioether (sulfide) groups is 1. The Morgan fingerprint density at radius 1 is 1.46 bits per heavy atom. The number of hydrogen-bond donors (Lipinski definition) is 1. The molecule has 70 valence electrons. The number of nitrogens with zero attached hydrogens (tertiary/aromatic N) is 2. The third-order valence-electron chi connectivity index (χ3n) is 2.08. The summed E-state index contributed by atoms with van der Waals surface area (Å²) in [6.07, 6.45) is 1.24. The zero-order chi connectivity index (χ0) is 9.10. The van der Waals surface area contributed by atoms with Crippen LogP contribution in [0.1, 0.15) is 12.1 Å². The molecule has 3 nitrogen and oxygen atoms in total. The molecule has 1 aliphatic rings. The van der Waals surface area contributed by atoms with E-state index in [0.717, 1.165) is 11.5 Å². The van der Waals surface area contributed by atoms with Crippen LogP contribution >= 0.6 is 11.8 Å². The number of aryl methyl sites for hydroxylation is 1. The van der Waals surface area contributed by atoms with Gasteiger partial charge in [0.05, 0.1) is 5.69 Å².